The van der Waals surface area contributed by atoms with Crippen LogP contribution in [0.15, 0.2) is 279 Å². The Morgan fingerprint density at radius 3 is 1.76 bits per heavy atom. The van der Waals surface area contributed by atoms with Crippen molar-refractivity contribution in [3.8, 4) is 56.4 Å². The molecule has 10 aromatic carbocycles. The first-order valence-electron chi connectivity index (χ1n) is 30.0. The summed E-state index contributed by atoms with van der Waals surface area (Å²) < 4.78 is 9.95. The van der Waals surface area contributed by atoms with E-state index in [1.54, 1.807) is 0 Å². The van der Waals surface area contributed by atoms with Gasteiger partial charge in [-0.3, -0.25) is 0 Å². The van der Waals surface area contributed by atoms with Gasteiger partial charge in [0.2, 0.25) is 0 Å². The van der Waals surface area contributed by atoms with E-state index < -0.39 is 0 Å². The lowest BCUT2D eigenvalue weighted by Crippen LogP contribution is -2.36. The van der Waals surface area contributed by atoms with Gasteiger partial charge in [-0.1, -0.05) is 200 Å². The number of benzene rings is 10. The van der Waals surface area contributed by atoms with E-state index in [0.29, 0.717) is 5.82 Å². The van der Waals surface area contributed by atoms with Crippen molar-refractivity contribution in [2.75, 3.05) is 4.90 Å². The van der Waals surface area contributed by atoms with Crippen molar-refractivity contribution in [3.05, 3.63) is 295 Å². The van der Waals surface area contributed by atoms with Crippen molar-refractivity contribution < 1.29 is 0 Å². The topological polar surface area (TPSA) is 48.2 Å². The van der Waals surface area contributed by atoms with Crippen molar-refractivity contribution in [1.29, 1.82) is 0 Å². The molecule has 0 N–H and O–H groups in total. The number of aromatic nitrogens is 6. The Hall–Kier alpha value is -11.5. The molecule has 0 saturated carbocycles. The van der Waals surface area contributed by atoms with Gasteiger partial charge in [0.1, 0.15) is 0 Å². The lowest BCUT2D eigenvalue weighted by atomic mass is 9.96. The molecule has 10 heterocycles. The van der Waals surface area contributed by atoms with E-state index in [-0.39, 0.29) is 12.1 Å². The van der Waals surface area contributed by atoms with Crippen LogP contribution < -0.4 is 15.6 Å². The molecule has 2 atom stereocenters. The molecule has 404 valence electrons. The minimum atomic E-state index is 0.130. The molecule has 3 aliphatic rings. The highest BCUT2D eigenvalue weighted by Gasteiger charge is 2.46. The van der Waals surface area contributed by atoms with Crippen LogP contribution in [0.5, 0.6) is 0 Å². The lowest BCUT2D eigenvalue weighted by Gasteiger charge is -2.32. The van der Waals surface area contributed by atoms with Crippen LogP contribution in [-0.4, -0.2) is 34.1 Å². The molecule has 0 aliphatic carbocycles. The average Bonchev–Trinajstić information content (AvgIpc) is 1.56. The van der Waals surface area contributed by atoms with Gasteiger partial charge in [0, 0.05) is 99.0 Å². The van der Waals surface area contributed by atoms with Gasteiger partial charge in [-0.15, -0.1) is 0 Å². The largest absolute Gasteiger partial charge is 0.331 e. The number of pyridine rings is 1. The third kappa shape index (κ3) is 6.44. The minimum Gasteiger partial charge on any atom is -0.331 e. The zero-order chi connectivity index (χ0) is 56.6. The normalized spacial score (nSPS) is 15.1. The maximum atomic E-state index is 5.41. The number of anilines is 2. The Kier molecular flexibility index (Phi) is 9.44. The van der Waals surface area contributed by atoms with Crippen molar-refractivity contribution in [3.63, 3.8) is 0 Å². The average molecular weight is 1110 g/mol. The second kappa shape index (κ2) is 17.5. The predicted octanol–water partition coefficient (Wildman–Crippen LogP) is 17.9. The van der Waals surface area contributed by atoms with Gasteiger partial charge in [-0.25, -0.2) is 9.97 Å². The zero-order valence-corrected chi connectivity index (χ0v) is 46.9. The third-order valence-corrected chi connectivity index (χ3v) is 19.2. The van der Waals surface area contributed by atoms with Crippen LogP contribution in [0.2, 0.25) is 0 Å². The van der Waals surface area contributed by atoms with E-state index in [1.165, 1.54) is 109 Å². The molecule has 7 aromatic heterocycles. The fraction of sp³-hybridized carbons (Fsp3) is 0.0250. The van der Waals surface area contributed by atoms with E-state index in [9.17, 15) is 0 Å². The van der Waals surface area contributed by atoms with Gasteiger partial charge >= 0.3 is 0 Å². The van der Waals surface area contributed by atoms with Crippen LogP contribution in [0.25, 0.3) is 150 Å². The number of allylic oxidation sites excluding steroid dienone is 1. The Bertz CT molecular complexity index is 5970. The third-order valence-electron chi connectivity index (χ3n) is 19.2. The van der Waals surface area contributed by atoms with Crippen LogP contribution in [0.3, 0.4) is 0 Å². The van der Waals surface area contributed by atoms with Crippen LogP contribution >= 0.6 is 0 Å². The molecule has 20 rings (SSSR count). The Morgan fingerprint density at radius 1 is 0.356 bits per heavy atom. The molecule has 2 unspecified atom stereocenters. The predicted molar refractivity (Wildman–Crippen MR) is 358 cm³/mol. The molecule has 0 radical (unpaired) electrons. The van der Waals surface area contributed by atoms with Gasteiger partial charge in [0.05, 0.1) is 67.4 Å². The van der Waals surface area contributed by atoms with Crippen LogP contribution in [-0.2, 0) is 0 Å². The molecule has 0 bridgehead atoms. The molecule has 7 heteroatoms. The highest BCUT2D eigenvalue weighted by molar-refractivity contribution is 6.29. The SMILES string of the molecule is C1=CC2C3C(=c4c5ccccc5c(n42)=C1)c1ccccc1N3c1ccc2c(c1)c1ccccc1n2-c1cccc(-c2ccc(-c3cc(-c4ccccc4)nc(-c4cccc(-n5c6ccccc6c6c5c5c7ccccc7c7cccc6n75)c4)n3)cc2)c1. The van der Waals surface area contributed by atoms with E-state index in [0.717, 1.165) is 56.1 Å². The zero-order valence-electron chi connectivity index (χ0n) is 46.9. The van der Waals surface area contributed by atoms with Crippen LogP contribution in [0.1, 0.15) is 11.6 Å². The highest BCUT2D eigenvalue weighted by atomic mass is 15.3. The van der Waals surface area contributed by atoms with Crippen LogP contribution in [0, 0.1) is 0 Å². The van der Waals surface area contributed by atoms with E-state index >= 15 is 0 Å². The fourth-order valence-corrected chi connectivity index (χ4v) is 15.6. The summed E-state index contributed by atoms with van der Waals surface area (Å²) >= 11 is 0. The number of fused-ring (bicyclic) bond motifs is 18. The maximum Gasteiger partial charge on any atom is 0.160 e. The number of para-hydroxylation sites is 3. The second-order valence-corrected chi connectivity index (χ2v) is 23.6. The van der Waals surface area contributed by atoms with Gasteiger partial charge < -0.3 is 23.0 Å². The van der Waals surface area contributed by atoms with Crippen LogP contribution in [0.4, 0.5) is 11.4 Å². The fourth-order valence-electron chi connectivity index (χ4n) is 15.6. The van der Waals surface area contributed by atoms with Gasteiger partial charge in [0.25, 0.3) is 0 Å². The molecular formula is C80H49N7. The number of hydrogen-bond acceptors (Lipinski definition) is 3. The molecule has 0 fully saturated rings. The minimum absolute atomic E-state index is 0.130. The molecule has 0 saturated heterocycles. The summed E-state index contributed by atoms with van der Waals surface area (Å²) in [6, 6.07) is 97.9. The first-order valence-corrected chi connectivity index (χ1v) is 30.0. The Balaban J connectivity index is 0.674. The highest BCUT2D eigenvalue weighted by Crippen LogP contribution is 2.51. The van der Waals surface area contributed by atoms with E-state index in [4.69, 9.17) is 9.97 Å². The first kappa shape index (κ1) is 46.9. The van der Waals surface area contributed by atoms with Crippen molar-refractivity contribution in [1.82, 2.24) is 28.1 Å². The van der Waals surface area contributed by atoms with Crippen molar-refractivity contribution in [2.45, 2.75) is 12.1 Å². The summed E-state index contributed by atoms with van der Waals surface area (Å²) in [4.78, 5) is 13.4. The Morgan fingerprint density at radius 2 is 0.943 bits per heavy atom. The molecule has 3 aliphatic heterocycles. The number of rotatable bonds is 7. The summed E-state index contributed by atoms with van der Waals surface area (Å²) in [5, 5.41) is 12.8. The Labute approximate surface area is 498 Å². The second-order valence-electron chi connectivity index (χ2n) is 23.6. The number of nitrogens with zero attached hydrogens (tertiary/aromatic N) is 7. The maximum absolute atomic E-state index is 5.41. The molecule has 0 spiro atoms. The number of hydrogen-bond donors (Lipinski definition) is 0. The summed E-state index contributed by atoms with van der Waals surface area (Å²) in [6.45, 7) is 0. The van der Waals surface area contributed by atoms with Gasteiger partial charge in [0.15, 0.2) is 5.82 Å². The molecule has 17 aromatic rings. The smallest absolute Gasteiger partial charge is 0.160 e. The first-order chi connectivity index (χ1) is 43.2. The van der Waals surface area contributed by atoms with Crippen molar-refractivity contribution in [2.24, 2.45) is 0 Å². The lowest BCUT2D eigenvalue weighted by molar-refractivity contribution is 0.564. The monoisotopic (exact) mass is 1110 g/mol. The van der Waals surface area contributed by atoms with E-state index in [2.05, 4.69) is 308 Å². The molecule has 7 nitrogen and oxygen atoms in total. The molecular weight excluding hydrogens is 1060 g/mol. The summed E-state index contributed by atoms with van der Waals surface area (Å²) in [6.07, 6.45) is 6.96. The summed E-state index contributed by atoms with van der Waals surface area (Å²) in [7, 11) is 0. The summed E-state index contributed by atoms with van der Waals surface area (Å²) in [5.74, 6) is 0.671. The van der Waals surface area contributed by atoms with Crippen molar-refractivity contribution >= 4 is 105 Å². The molecule has 87 heavy (non-hydrogen) atoms. The summed E-state index contributed by atoms with van der Waals surface area (Å²) in [5.41, 5.74) is 22.8. The van der Waals surface area contributed by atoms with Gasteiger partial charge in [-0.05, 0) is 96.1 Å². The molecule has 0 amide bonds. The van der Waals surface area contributed by atoms with E-state index in [1.807, 2.05) is 0 Å². The standard InChI is InChI=1S/C80H49N7/c1-2-18-49(19-3-1)64-47-65(82-80(81-64)52-21-15-23-54(45-52)85-69-32-12-9-29-61(69)74-72-36-16-34-67-57-25-5-7-28-60(57)77(79(74)85)86(67)72)50-40-38-48(39-41-50)51-20-14-22-53(44-51)83-66-31-11-8-26-58(66)63-46-55(42-43-71(63)83)84-70-33-13-10-30-62(70)75-76-59-27-6-4-24-56(59)68-35-17-37-73(78(75)84)87(68)76/h1-47,73,78H. The quantitative estimate of drug-likeness (QED) is 0.160. The van der Waals surface area contributed by atoms with Gasteiger partial charge in [-0.2, -0.15) is 0 Å².